The zero-order chi connectivity index (χ0) is 11.9. The number of carbonyl (C=O) groups is 1. The highest BCUT2D eigenvalue weighted by Crippen LogP contribution is 2.49. The molecule has 1 aliphatic rings. The maximum Gasteiger partial charge on any atom is 0.407 e. The SMILES string of the molecule is CC(C)(C)OC(=O)NC[C@@H]1[C@H](N)C1(C)C. The highest BCUT2D eigenvalue weighted by Gasteiger charge is 2.55. The average Bonchev–Trinajstić information content (AvgIpc) is 2.45. The number of rotatable bonds is 2. The Balaban J connectivity index is 2.25. The lowest BCUT2D eigenvalue weighted by molar-refractivity contribution is 0.0523. The summed E-state index contributed by atoms with van der Waals surface area (Å²) in [5, 5.41) is 2.75. The largest absolute Gasteiger partial charge is 0.444 e. The molecule has 0 aromatic rings. The normalized spacial score (nSPS) is 28.4. The Morgan fingerprint density at radius 1 is 1.47 bits per heavy atom. The van der Waals surface area contributed by atoms with Gasteiger partial charge >= 0.3 is 6.09 Å². The van der Waals surface area contributed by atoms with Gasteiger partial charge in [-0.05, 0) is 32.1 Å². The molecule has 4 heteroatoms. The number of hydrogen-bond acceptors (Lipinski definition) is 3. The highest BCUT2D eigenvalue weighted by molar-refractivity contribution is 5.67. The molecule has 15 heavy (non-hydrogen) atoms. The maximum atomic E-state index is 11.3. The van der Waals surface area contributed by atoms with E-state index in [4.69, 9.17) is 10.5 Å². The summed E-state index contributed by atoms with van der Waals surface area (Å²) in [7, 11) is 0. The number of nitrogens with two attached hydrogens (primary N) is 1. The Kier molecular flexibility index (Phi) is 3.01. The fourth-order valence-electron chi connectivity index (χ4n) is 1.68. The first-order chi connectivity index (χ1) is 6.64. The van der Waals surface area contributed by atoms with Crippen LogP contribution in [0.5, 0.6) is 0 Å². The number of amides is 1. The molecule has 0 aliphatic heterocycles. The molecular formula is C11H22N2O2. The summed E-state index contributed by atoms with van der Waals surface area (Å²) in [6.07, 6.45) is -0.364. The minimum Gasteiger partial charge on any atom is -0.444 e. The zero-order valence-corrected chi connectivity index (χ0v) is 10.3. The number of hydrogen-bond donors (Lipinski definition) is 2. The molecule has 0 spiro atoms. The van der Waals surface area contributed by atoms with Crippen LogP contribution in [-0.2, 0) is 4.74 Å². The molecule has 1 saturated carbocycles. The Morgan fingerprint density at radius 3 is 2.27 bits per heavy atom. The van der Waals surface area contributed by atoms with Gasteiger partial charge in [-0.15, -0.1) is 0 Å². The molecule has 2 atom stereocenters. The van der Waals surface area contributed by atoms with E-state index < -0.39 is 5.60 Å². The molecule has 1 amide bonds. The van der Waals surface area contributed by atoms with Crippen molar-refractivity contribution in [3.63, 3.8) is 0 Å². The van der Waals surface area contributed by atoms with E-state index in [0.717, 1.165) is 0 Å². The molecule has 0 aromatic carbocycles. The minimum atomic E-state index is -0.439. The summed E-state index contributed by atoms with van der Waals surface area (Å²) >= 11 is 0. The molecule has 0 unspecified atom stereocenters. The zero-order valence-electron chi connectivity index (χ0n) is 10.3. The van der Waals surface area contributed by atoms with Crippen molar-refractivity contribution in [2.45, 2.75) is 46.3 Å². The van der Waals surface area contributed by atoms with E-state index in [2.05, 4.69) is 19.2 Å². The lowest BCUT2D eigenvalue weighted by Gasteiger charge is -2.19. The van der Waals surface area contributed by atoms with E-state index in [1.807, 2.05) is 20.8 Å². The molecule has 0 radical (unpaired) electrons. The lowest BCUT2D eigenvalue weighted by atomic mass is 10.1. The Bertz CT molecular complexity index is 256. The van der Waals surface area contributed by atoms with Crippen LogP contribution in [0.2, 0.25) is 0 Å². The fourth-order valence-corrected chi connectivity index (χ4v) is 1.68. The van der Waals surface area contributed by atoms with E-state index >= 15 is 0 Å². The van der Waals surface area contributed by atoms with Crippen LogP contribution < -0.4 is 11.1 Å². The van der Waals surface area contributed by atoms with Gasteiger partial charge < -0.3 is 15.8 Å². The van der Waals surface area contributed by atoms with Crippen molar-refractivity contribution in [1.82, 2.24) is 5.32 Å². The summed E-state index contributed by atoms with van der Waals surface area (Å²) in [4.78, 5) is 11.3. The van der Waals surface area contributed by atoms with Crippen molar-refractivity contribution in [2.24, 2.45) is 17.1 Å². The molecule has 88 valence electrons. The fraction of sp³-hybridized carbons (Fsp3) is 0.909. The van der Waals surface area contributed by atoms with Gasteiger partial charge in [-0.25, -0.2) is 4.79 Å². The van der Waals surface area contributed by atoms with E-state index in [1.54, 1.807) is 0 Å². The minimum absolute atomic E-state index is 0.148. The Labute approximate surface area is 91.5 Å². The second kappa shape index (κ2) is 3.67. The first kappa shape index (κ1) is 12.3. The van der Waals surface area contributed by atoms with Gasteiger partial charge in [0.05, 0.1) is 0 Å². The number of nitrogens with one attached hydrogen (secondary N) is 1. The predicted molar refractivity (Wildman–Crippen MR) is 59.5 cm³/mol. The highest BCUT2D eigenvalue weighted by atomic mass is 16.6. The maximum absolute atomic E-state index is 11.3. The van der Waals surface area contributed by atoms with Gasteiger partial charge in [0.2, 0.25) is 0 Å². The lowest BCUT2D eigenvalue weighted by Crippen LogP contribution is -2.34. The first-order valence-electron chi connectivity index (χ1n) is 5.37. The smallest absolute Gasteiger partial charge is 0.407 e. The standard InChI is InChI=1S/C11H22N2O2/c1-10(2,3)15-9(14)13-6-7-8(12)11(7,4)5/h7-8H,6,12H2,1-5H3,(H,13,14)/t7-,8+/m1/s1. The van der Waals surface area contributed by atoms with Gasteiger partial charge in [-0.1, -0.05) is 13.8 Å². The van der Waals surface area contributed by atoms with Crippen LogP contribution in [0.15, 0.2) is 0 Å². The molecule has 1 rings (SSSR count). The third kappa shape index (κ3) is 3.09. The summed E-state index contributed by atoms with van der Waals surface area (Å²) in [6.45, 7) is 10.4. The van der Waals surface area contributed by atoms with E-state index in [9.17, 15) is 4.79 Å². The summed E-state index contributed by atoms with van der Waals surface area (Å²) in [6, 6.07) is 0.187. The van der Waals surface area contributed by atoms with Crippen molar-refractivity contribution < 1.29 is 9.53 Å². The van der Waals surface area contributed by atoms with Crippen LogP contribution in [0, 0.1) is 11.3 Å². The Morgan fingerprint density at radius 2 is 1.93 bits per heavy atom. The average molecular weight is 214 g/mol. The van der Waals surface area contributed by atoms with Crippen molar-refractivity contribution in [3.8, 4) is 0 Å². The second-order valence-electron chi connectivity index (χ2n) is 5.84. The van der Waals surface area contributed by atoms with Gasteiger partial charge in [-0.3, -0.25) is 0 Å². The van der Waals surface area contributed by atoms with Gasteiger partial charge in [0, 0.05) is 12.6 Å². The summed E-state index contributed by atoms with van der Waals surface area (Å²) < 4.78 is 5.13. The van der Waals surface area contributed by atoms with Crippen molar-refractivity contribution in [1.29, 1.82) is 0 Å². The van der Waals surface area contributed by atoms with Crippen molar-refractivity contribution in [3.05, 3.63) is 0 Å². The third-order valence-electron chi connectivity index (χ3n) is 3.00. The van der Waals surface area contributed by atoms with Gasteiger partial charge in [-0.2, -0.15) is 0 Å². The van der Waals surface area contributed by atoms with Gasteiger partial charge in [0.15, 0.2) is 0 Å². The quantitative estimate of drug-likeness (QED) is 0.732. The molecule has 0 bridgehead atoms. The molecule has 4 nitrogen and oxygen atoms in total. The van der Waals surface area contributed by atoms with Crippen molar-refractivity contribution >= 4 is 6.09 Å². The van der Waals surface area contributed by atoms with Crippen LogP contribution in [-0.4, -0.2) is 24.3 Å². The predicted octanol–water partition coefficient (Wildman–Crippen LogP) is 1.49. The van der Waals surface area contributed by atoms with Crippen LogP contribution >= 0.6 is 0 Å². The van der Waals surface area contributed by atoms with Crippen LogP contribution in [0.4, 0.5) is 4.79 Å². The van der Waals surface area contributed by atoms with E-state index in [0.29, 0.717) is 12.5 Å². The van der Waals surface area contributed by atoms with Crippen LogP contribution in [0.1, 0.15) is 34.6 Å². The summed E-state index contributed by atoms with van der Waals surface area (Å²) in [5.41, 5.74) is 5.57. The number of carbonyl (C=O) groups excluding carboxylic acids is 1. The second-order valence-corrected chi connectivity index (χ2v) is 5.84. The van der Waals surface area contributed by atoms with Gasteiger partial charge in [0.1, 0.15) is 5.60 Å². The molecule has 0 aromatic heterocycles. The van der Waals surface area contributed by atoms with E-state index in [1.165, 1.54) is 0 Å². The van der Waals surface area contributed by atoms with E-state index in [-0.39, 0.29) is 17.6 Å². The van der Waals surface area contributed by atoms with Gasteiger partial charge in [0.25, 0.3) is 0 Å². The third-order valence-corrected chi connectivity index (χ3v) is 3.00. The van der Waals surface area contributed by atoms with Crippen molar-refractivity contribution in [2.75, 3.05) is 6.54 Å². The monoisotopic (exact) mass is 214 g/mol. The first-order valence-corrected chi connectivity index (χ1v) is 5.37. The molecular weight excluding hydrogens is 192 g/mol. The number of ether oxygens (including phenoxy) is 1. The molecule has 1 fully saturated rings. The number of alkyl carbamates (subject to hydrolysis) is 1. The topological polar surface area (TPSA) is 64.3 Å². The summed E-state index contributed by atoms with van der Waals surface area (Å²) in [5.74, 6) is 0.366. The molecule has 3 N–H and O–H groups in total. The molecule has 0 saturated heterocycles. The molecule has 0 heterocycles. The van der Waals surface area contributed by atoms with Crippen LogP contribution in [0.25, 0.3) is 0 Å². The van der Waals surface area contributed by atoms with Crippen LogP contribution in [0.3, 0.4) is 0 Å². The Hall–Kier alpha value is -0.770. The molecule has 1 aliphatic carbocycles.